The second-order valence-corrected chi connectivity index (χ2v) is 5.35. The molecule has 20 heavy (non-hydrogen) atoms. The summed E-state index contributed by atoms with van der Waals surface area (Å²) in [7, 11) is 0. The van der Waals surface area contributed by atoms with E-state index in [1.54, 1.807) is 12.3 Å². The lowest BCUT2D eigenvalue weighted by Gasteiger charge is -2.10. The minimum atomic E-state index is -0.592. The Bertz CT molecular complexity index is 803. The van der Waals surface area contributed by atoms with Gasteiger partial charge in [0.25, 0.3) is 0 Å². The number of halogens is 4. The summed E-state index contributed by atoms with van der Waals surface area (Å²) in [6, 6.07) is 7.06. The molecular weight excluding hydrogens is 352 g/mol. The molecule has 1 heterocycles. The third-order valence-corrected chi connectivity index (χ3v) is 3.80. The number of ether oxygens (including phenoxy) is 1. The van der Waals surface area contributed by atoms with Crippen molar-refractivity contribution in [2.75, 3.05) is 0 Å². The molecule has 0 fully saturated rings. The van der Waals surface area contributed by atoms with Crippen LogP contribution in [0.15, 0.2) is 41.0 Å². The molecular formula is C14H7BrClF2NO. The smallest absolute Gasteiger partial charge is 0.182 e. The van der Waals surface area contributed by atoms with Gasteiger partial charge < -0.3 is 9.72 Å². The van der Waals surface area contributed by atoms with Crippen molar-refractivity contribution in [1.82, 2.24) is 4.98 Å². The molecule has 0 aliphatic carbocycles. The minimum Gasteiger partial charge on any atom is -0.453 e. The Labute approximate surface area is 126 Å². The highest BCUT2D eigenvalue weighted by atomic mass is 79.9. The number of fused-ring (bicyclic) bond motifs is 1. The second kappa shape index (κ2) is 5.07. The Morgan fingerprint density at radius 3 is 2.65 bits per heavy atom. The highest BCUT2D eigenvalue weighted by Gasteiger charge is 2.15. The average molecular weight is 359 g/mol. The van der Waals surface area contributed by atoms with E-state index in [9.17, 15) is 8.78 Å². The fourth-order valence-corrected chi connectivity index (χ4v) is 2.52. The van der Waals surface area contributed by atoms with Gasteiger partial charge in [0.1, 0.15) is 11.6 Å². The number of hydrogen-bond acceptors (Lipinski definition) is 1. The number of benzene rings is 2. The van der Waals surface area contributed by atoms with Crippen LogP contribution in [0.2, 0.25) is 5.02 Å². The lowest BCUT2D eigenvalue weighted by atomic mass is 10.2. The van der Waals surface area contributed by atoms with Crippen LogP contribution < -0.4 is 4.74 Å². The minimum absolute atomic E-state index is 0.0859. The molecule has 0 unspecified atom stereocenters. The number of H-pyrrole nitrogens is 1. The van der Waals surface area contributed by atoms with Gasteiger partial charge in [0.05, 0.1) is 15.0 Å². The first-order valence-corrected chi connectivity index (χ1v) is 6.81. The van der Waals surface area contributed by atoms with Crippen molar-refractivity contribution in [3.05, 3.63) is 57.7 Å². The quantitative estimate of drug-likeness (QED) is 0.629. The van der Waals surface area contributed by atoms with Crippen LogP contribution in [-0.4, -0.2) is 4.98 Å². The van der Waals surface area contributed by atoms with Crippen molar-refractivity contribution in [1.29, 1.82) is 0 Å². The molecule has 2 nitrogen and oxygen atoms in total. The largest absolute Gasteiger partial charge is 0.453 e. The fourth-order valence-electron chi connectivity index (χ4n) is 1.86. The molecule has 0 saturated heterocycles. The molecule has 0 bridgehead atoms. The molecule has 0 radical (unpaired) electrons. The Kier molecular flexibility index (Phi) is 3.40. The summed E-state index contributed by atoms with van der Waals surface area (Å²) in [6.07, 6.45) is 1.66. The second-order valence-electron chi connectivity index (χ2n) is 4.12. The Morgan fingerprint density at radius 1 is 1.10 bits per heavy atom. The number of aromatic nitrogens is 1. The first-order chi connectivity index (χ1) is 9.56. The molecule has 0 atom stereocenters. The maximum Gasteiger partial charge on any atom is 0.182 e. The molecule has 0 amide bonds. The van der Waals surface area contributed by atoms with E-state index in [-0.39, 0.29) is 21.0 Å². The van der Waals surface area contributed by atoms with Crippen molar-refractivity contribution in [2.45, 2.75) is 0 Å². The summed E-state index contributed by atoms with van der Waals surface area (Å²) in [4.78, 5) is 2.87. The normalized spacial score (nSPS) is 11.0. The van der Waals surface area contributed by atoms with E-state index < -0.39 is 11.6 Å². The lowest BCUT2D eigenvalue weighted by molar-refractivity contribution is 0.442. The van der Waals surface area contributed by atoms with E-state index in [1.165, 1.54) is 24.3 Å². The van der Waals surface area contributed by atoms with Gasteiger partial charge in [-0.05, 0) is 40.2 Å². The zero-order valence-corrected chi connectivity index (χ0v) is 12.2. The van der Waals surface area contributed by atoms with Crippen LogP contribution in [0.1, 0.15) is 0 Å². The van der Waals surface area contributed by atoms with Crippen LogP contribution in [0, 0.1) is 11.6 Å². The molecule has 0 aliphatic rings. The zero-order valence-electron chi connectivity index (χ0n) is 9.88. The maximum atomic E-state index is 14.0. The van der Waals surface area contributed by atoms with E-state index in [2.05, 4.69) is 20.9 Å². The van der Waals surface area contributed by atoms with Crippen molar-refractivity contribution in [2.24, 2.45) is 0 Å². The number of aromatic amines is 1. The molecule has 2 aromatic carbocycles. The van der Waals surface area contributed by atoms with Crippen molar-refractivity contribution >= 4 is 38.4 Å². The molecule has 6 heteroatoms. The van der Waals surface area contributed by atoms with Gasteiger partial charge in [0, 0.05) is 17.6 Å². The lowest BCUT2D eigenvalue weighted by Crippen LogP contribution is -1.91. The van der Waals surface area contributed by atoms with Gasteiger partial charge in [-0.15, -0.1) is 0 Å². The van der Waals surface area contributed by atoms with Gasteiger partial charge in [-0.25, -0.2) is 8.78 Å². The van der Waals surface area contributed by atoms with E-state index in [0.717, 1.165) is 0 Å². The monoisotopic (exact) mass is 357 g/mol. The molecule has 3 aromatic rings. The van der Waals surface area contributed by atoms with Crippen molar-refractivity contribution < 1.29 is 13.5 Å². The Morgan fingerprint density at radius 2 is 1.90 bits per heavy atom. The van der Waals surface area contributed by atoms with Gasteiger partial charge in [-0.3, -0.25) is 0 Å². The highest BCUT2D eigenvalue weighted by Crippen LogP contribution is 2.38. The zero-order chi connectivity index (χ0) is 14.3. The standard InChI is InChI=1S/C14H7BrClF2NO/c15-9-5-7(1-2-10(9)17)20-14-11(18)6-12-8(13(14)16)3-4-19-12/h1-6,19H. The number of nitrogens with one attached hydrogen (secondary N) is 1. The van der Waals surface area contributed by atoms with Gasteiger partial charge >= 0.3 is 0 Å². The van der Waals surface area contributed by atoms with Crippen molar-refractivity contribution in [3.8, 4) is 11.5 Å². The molecule has 102 valence electrons. The summed E-state index contributed by atoms with van der Waals surface area (Å²) in [5.41, 5.74) is 0.583. The Balaban J connectivity index is 2.07. The van der Waals surface area contributed by atoms with Crippen LogP contribution in [0.4, 0.5) is 8.78 Å². The number of hydrogen-bond donors (Lipinski definition) is 1. The van der Waals surface area contributed by atoms with Crippen LogP contribution in [-0.2, 0) is 0 Å². The SMILES string of the molecule is Fc1ccc(Oc2c(F)cc3[nH]ccc3c2Cl)cc1Br. The number of rotatable bonds is 2. The third-order valence-electron chi connectivity index (χ3n) is 2.81. The topological polar surface area (TPSA) is 25.0 Å². The molecule has 3 rings (SSSR count). The molecule has 0 spiro atoms. The van der Waals surface area contributed by atoms with E-state index in [4.69, 9.17) is 16.3 Å². The summed E-state index contributed by atoms with van der Waals surface area (Å²) < 4.78 is 32.8. The molecule has 1 N–H and O–H groups in total. The summed E-state index contributed by atoms with van der Waals surface area (Å²) in [6.45, 7) is 0. The highest BCUT2D eigenvalue weighted by molar-refractivity contribution is 9.10. The van der Waals surface area contributed by atoms with Crippen molar-refractivity contribution in [3.63, 3.8) is 0 Å². The van der Waals surface area contributed by atoms with E-state index in [0.29, 0.717) is 10.9 Å². The van der Waals surface area contributed by atoms with Crippen LogP contribution in [0.5, 0.6) is 11.5 Å². The predicted octanol–water partition coefficient (Wildman–Crippen LogP) is 5.65. The van der Waals surface area contributed by atoms with Gasteiger partial charge in [0.2, 0.25) is 0 Å². The average Bonchev–Trinajstić information content (AvgIpc) is 2.87. The molecule has 0 saturated carbocycles. The van der Waals surface area contributed by atoms with Crippen LogP contribution >= 0.6 is 27.5 Å². The van der Waals surface area contributed by atoms with E-state index >= 15 is 0 Å². The Hall–Kier alpha value is -1.59. The molecule has 0 aliphatic heterocycles. The summed E-state index contributed by atoms with van der Waals surface area (Å²) >= 11 is 9.18. The fraction of sp³-hybridized carbons (Fsp3) is 0. The molecule has 1 aromatic heterocycles. The summed E-state index contributed by atoms with van der Waals surface area (Å²) in [5, 5.41) is 0.825. The third kappa shape index (κ3) is 2.27. The summed E-state index contributed by atoms with van der Waals surface area (Å²) in [5.74, 6) is -0.818. The van der Waals surface area contributed by atoms with Gasteiger partial charge in [-0.1, -0.05) is 11.6 Å². The maximum absolute atomic E-state index is 14.0. The first kappa shape index (κ1) is 13.4. The van der Waals surface area contributed by atoms with Crippen LogP contribution in [0.3, 0.4) is 0 Å². The van der Waals surface area contributed by atoms with Gasteiger partial charge in [0.15, 0.2) is 11.6 Å². The first-order valence-electron chi connectivity index (χ1n) is 5.64. The van der Waals surface area contributed by atoms with E-state index in [1.807, 2.05) is 0 Å². The van der Waals surface area contributed by atoms with Gasteiger partial charge in [-0.2, -0.15) is 0 Å². The predicted molar refractivity (Wildman–Crippen MR) is 77.4 cm³/mol. The van der Waals surface area contributed by atoms with Crippen LogP contribution in [0.25, 0.3) is 10.9 Å².